The minimum Gasteiger partial charge on any atom is -0.485 e. The van der Waals surface area contributed by atoms with Crippen LogP contribution in [-0.4, -0.2) is 16.1 Å². The van der Waals surface area contributed by atoms with Gasteiger partial charge in [-0.25, -0.2) is 4.79 Å². The topological polar surface area (TPSA) is 87.5 Å². The summed E-state index contributed by atoms with van der Waals surface area (Å²) in [4.78, 5) is 22.4. The van der Waals surface area contributed by atoms with Crippen molar-refractivity contribution in [1.29, 1.82) is 0 Å². The van der Waals surface area contributed by atoms with E-state index in [9.17, 15) is 14.9 Å². The lowest BCUT2D eigenvalue weighted by atomic mass is 10.2. The lowest BCUT2D eigenvalue weighted by Gasteiger charge is -2.07. The second-order valence-electron chi connectivity index (χ2n) is 5.06. The first-order chi connectivity index (χ1) is 11.1. The molecule has 7 nitrogen and oxygen atoms in total. The quantitative estimate of drug-likeness (QED) is 0.534. The fraction of sp³-hybridized carbons (Fsp3) is 0.188. The van der Waals surface area contributed by atoms with E-state index in [-0.39, 0.29) is 24.6 Å². The van der Waals surface area contributed by atoms with Crippen molar-refractivity contribution in [2.45, 2.75) is 13.5 Å². The van der Waals surface area contributed by atoms with Gasteiger partial charge in [0, 0.05) is 6.07 Å². The number of benzene rings is 2. The molecule has 0 aliphatic heterocycles. The van der Waals surface area contributed by atoms with Crippen LogP contribution in [0, 0.1) is 17.0 Å². The van der Waals surface area contributed by atoms with E-state index in [4.69, 9.17) is 9.15 Å². The predicted molar refractivity (Wildman–Crippen MR) is 83.8 cm³/mol. The third-order valence-electron chi connectivity index (χ3n) is 3.46. The van der Waals surface area contributed by atoms with Crippen LogP contribution in [0.2, 0.25) is 0 Å². The van der Waals surface area contributed by atoms with E-state index in [1.807, 2.05) is 0 Å². The molecule has 23 heavy (non-hydrogen) atoms. The molecule has 0 unspecified atom stereocenters. The number of oxazole rings is 1. The maximum atomic E-state index is 11.8. The first-order valence-corrected chi connectivity index (χ1v) is 7.02. The van der Waals surface area contributed by atoms with Crippen molar-refractivity contribution in [3.05, 3.63) is 68.7 Å². The van der Waals surface area contributed by atoms with E-state index >= 15 is 0 Å². The summed E-state index contributed by atoms with van der Waals surface area (Å²) in [7, 11) is 0. The zero-order valence-corrected chi connectivity index (χ0v) is 12.4. The number of hydrogen-bond donors (Lipinski definition) is 0. The van der Waals surface area contributed by atoms with Crippen LogP contribution in [-0.2, 0) is 6.54 Å². The van der Waals surface area contributed by atoms with Gasteiger partial charge >= 0.3 is 11.4 Å². The highest BCUT2D eigenvalue weighted by Crippen LogP contribution is 2.27. The molecule has 0 saturated heterocycles. The zero-order valence-electron chi connectivity index (χ0n) is 12.4. The summed E-state index contributed by atoms with van der Waals surface area (Å²) in [5.74, 6) is -0.297. The molecule has 3 aromatic rings. The van der Waals surface area contributed by atoms with Gasteiger partial charge in [0.05, 0.1) is 17.0 Å². The molecule has 3 rings (SSSR count). The molecule has 0 radical (unpaired) electrons. The summed E-state index contributed by atoms with van der Waals surface area (Å²) < 4.78 is 12.1. The van der Waals surface area contributed by atoms with E-state index in [1.54, 1.807) is 43.3 Å². The molecule has 7 heteroatoms. The second-order valence-corrected chi connectivity index (χ2v) is 5.06. The zero-order chi connectivity index (χ0) is 16.4. The number of aromatic nitrogens is 1. The van der Waals surface area contributed by atoms with Crippen LogP contribution in [0.25, 0.3) is 11.1 Å². The molecule has 2 aromatic carbocycles. The van der Waals surface area contributed by atoms with Crippen molar-refractivity contribution < 1.29 is 14.1 Å². The summed E-state index contributed by atoms with van der Waals surface area (Å²) >= 11 is 0. The average molecular weight is 314 g/mol. The van der Waals surface area contributed by atoms with Crippen molar-refractivity contribution in [3.8, 4) is 5.75 Å². The van der Waals surface area contributed by atoms with E-state index in [1.165, 1.54) is 10.6 Å². The Kier molecular flexibility index (Phi) is 3.84. The van der Waals surface area contributed by atoms with Crippen molar-refractivity contribution in [1.82, 2.24) is 4.57 Å². The fourth-order valence-corrected chi connectivity index (χ4v) is 2.36. The number of nitrogens with zero attached hydrogens (tertiary/aromatic N) is 2. The smallest absolute Gasteiger partial charge is 0.420 e. The van der Waals surface area contributed by atoms with Gasteiger partial charge in [-0.1, -0.05) is 18.2 Å². The Morgan fingerprint density at radius 1 is 1.26 bits per heavy atom. The number of aryl methyl sites for hydroxylation is 1. The van der Waals surface area contributed by atoms with Gasteiger partial charge in [0.1, 0.15) is 6.61 Å². The van der Waals surface area contributed by atoms with Gasteiger partial charge in [0.2, 0.25) is 0 Å². The van der Waals surface area contributed by atoms with Crippen LogP contribution in [0.5, 0.6) is 5.75 Å². The number of ether oxygens (including phenoxy) is 1. The summed E-state index contributed by atoms with van der Waals surface area (Å²) in [5.41, 5.74) is 1.86. The van der Waals surface area contributed by atoms with Gasteiger partial charge in [-0.05, 0) is 30.7 Å². The van der Waals surface area contributed by atoms with Crippen molar-refractivity contribution in [2.75, 3.05) is 6.61 Å². The first-order valence-electron chi connectivity index (χ1n) is 7.02. The van der Waals surface area contributed by atoms with Crippen LogP contribution < -0.4 is 10.5 Å². The highest BCUT2D eigenvalue weighted by molar-refractivity contribution is 5.72. The van der Waals surface area contributed by atoms with Crippen LogP contribution in [0.1, 0.15) is 5.56 Å². The predicted octanol–water partition coefficient (Wildman–Crippen LogP) is 2.89. The highest BCUT2D eigenvalue weighted by Gasteiger charge is 2.15. The van der Waals surface area contributed by atoms with Crippen LogP contribution in [0.15, 0.2) is 51.7 Å². The van der Waals surface area contributed by atoms with E-state index < -0.39 is 10.7 Å². The summed E-state index contributed by atoms with van der Waals surface area (Å²) in [5, 5.41) is 11.1. The molecule has 0 fully saturated rings. The monoisotopic (exact) mass is 314 g/mol. The Morgan fingerprint density at radius 2 is 2.04 bits per heavy atom. The van der Waals surface area contributed by atoms with E-state index in [0.29, 0.717) is 11.1 Å². The van der Waals surface area contributed by atoms with Gasteiger partial charge in [-0.15, -0.1) is 0 Å². The SMILES string of the molecule is Cc1ccc(OCCn2c(=O)oc3ccccc32)c([N+](=O)[O-])c1. The summed E-state index contributed by atoms with van der Waals surface area (Å²) in [6, 6.07) is 11.8. The van der Waals surface area contributed by atoms with Crippen molar-refractivity contribution >= 4 is 16.8 Å². The standard InChI is InChI=1S/C16H14N2O5/c1-11-6-7-14(13(10-11)18(20)21)22-9-8-17-12-4-2-3-5-15(12)23-16(17)19/h2-7,10H,8-9H2,1H3. The maximum absolute atomic E-state index is 11.8. The van der Waals surface area contributed by atoms with Crippen molar-refractivity contribution in [2.24, 2.45) is 0 Å². The molecule has 0 amide bonds. The molecular formula is C16H14N2O5. The fourth-order valence-electron chi connectivity index (χ4n) is 2.36. The molecule has 0 saturated carbocycles. The third kappa shape index (κ3) is 2.94. The Bertz CT molecular complexity index is 926. The number of rotatable bonds is 5. The molecule has 0 atom stereocenters. The third-order valence-corrected chi connectivity index (χ3v) is 3.46. The molecule has 1 heterocycles. The Labute approximate surface area is 130 Å². The highest BCUT2D eigenvalue weighted by atomic mass is 16.6. The molecule has 0 aliphatic rings. The molecule has 0 bridgehead atoms. The molecular weight excluding hydrogens is 300 g/mol. The summed E-state index contributed by atoms with van der Waals surface area (Å²) in [6.07, 6.45) is 0. The molecule has 118 valence electrons. The minimum atomic E-state index is -0.484. The van der Waals surface area contributed by atoms with Gasteiger partial charge in [-0.3, -0.25) is 14.7 Å². The normalized spacial score (nSPS) is 10.8. The Hall–Kier alpha value is -3.09. The van der Waals surface area contributed by atoms with Crippen LogP contribution >= 0.6 is 0 Å². The van der Waals surface area contributed by atoms with Gasteiger partial charge < -0.3 is 9.15 Å². The largest absolute Gasteiger partial charge is 0.485 e. The Morgan fingerprint density at radius 3 is 2.83 bits per heavy atom. The number of nitro benzene ring substituents is 1. The number of hydrogen-bond acceptors (Lipinski definition) is 5. The molecule has 0 spiro atoms. The number of nitro groups is 1. The molecule has 0 aliphatic carbocycles. The maximum Gasteiger partial charge on any atom is 0.420 e. The Balaban J connectivity index is 1.78. The molecule has 0 N–H and O–H groups in total. The van der Waals surface area contributed by atoms with Gasteiger partial charge in [0.15, 0.2) is 11.3 Å². The lowest BCUT2D eigenvalue weighted by Crippen LogP contribution is -2.18. The second kappa shape index (κ2) is 5.96. The average Bonchev–Trinajstić information content (AvgIpc) is 2.84. The summed E-state index contributed by atoms with van der Waals surface area (Å²) in [6.45, 7) is 2.13. The van der Waals surface area contributed by atoms with E-state index in [0.717, 1.165) is 5.56 Å². The first kappa shape index (κ1) is 14.8. The molecule has 1 aromatic heterocycles. The van der Waals surface area contributed by atoms with Gasteiger partial charge in [0.25, 0.3) is 0 Å². The van der Waals surface area contributed by atoms with Crippen LogP contribution in [0.3, 0.4) is 0 Å². The van der Waals surface area contributed by atoms with Crippen LogP contribution in [0.4, 0.5) is 5.69 Å². The number of fused-ring (bicyclic) bond motifs is 1. The minimum absolute atomic E-state index is 0.0885. The van der Waals surface area contributed by atoms with Gasteiger partial charge in [-0.2, -0.15) is 0 Å². The lowest BCUT2D eigenvalue weighted by molar-refractivity contribution is -0.385. The van der Waals surface area contributed by atoms with E-state index in [2.05, 4.69) is 0 Å². The van der Waals surface area contributed by atoms with Crippen molar-refractivity contribution in [3.63, 3.8) is 0 Å². The number of para-hydroxylation sites is 2.